The summed E-state index contributed by atoms with van der Waals surface area (Å²) in [6, 6.07) is 0. The first kappa shape index (κ1) is 18.5. The van der Waals surface area contributed by atoms with E-state index in [1.807, 2.05) is 0 Å². The Morgan fingerprint density at radius 2 is 1.18 bits per heavy atom. The molecule has 1 aliphatic heterocycles. The van der Waals surface area contributed by atoms with Gasteiger partial charge in [0.2, 0.25) is 0 Å². The predicted octanol–water partition coefficient (Wildman–Crippen LogP) is 2.81. The zero-order valence-corrected chi connectivity index (χ0v) is 14.3. The minimum atomic E-state index is -1.33. The molecule has 7 heteroatoms. The van der Waals surface area contributed by atoms with Crippen molar-refractivity contribution in [2.75, 3.05) is 26.2 Å². The summed E-state index contributed by atoms with van der Waals surface area (Å²) >= 11 is 0. The third-order valence-electron chi connectivity index (χ3n) is 2.78. The van der Waals surface area contributed by atoms with Crippen molar-refractivity contribution in [3.05, 3.63) is 0 Å². The first-order chi connectivity index (χ1) is 9.87. The molecule has 1 fully saturated rings. The molecule has 22 heavy (non-hydrogen) atoms. The maximum Gasteiger partial charge on any atom is 0.410 e. The summed E-state index contributed by atoms with van der Waals surface area (Å²) in [7, 11) is 0. The summed E-state index contributed by atoms with van der Waals surface area (Å²) in [5.74, 6) is 0. The smallest absolute Gasteiger partial charge is 0.410 e. The van der Waals surface area contributed by atoms with Crippen LogP contribution < -0.4 is 0 Å². The molecule has 0 atom stereocenters. The molecule has 0 bridgehead atoms. The van der Waals surface area contributed by atoms with E-state index in [0.717, 1.165) is 0 Å². The number of rotatable bonds is 0. The summed E-state index contributed by atoms with van der Waals surface area (Å²) in [6.07, 6.45) is -2.47. The van der Waals surface area contributed by atoms with E-state index >= 15 is 0 Å². The average molecular weight is 318 g/mol. The quantitative estimate of drug-likeness (QED) is 0.689. The number of carbonyl (C=O) groups excluding carboxylic acids is 2. The van der Waals surface area contributed by atoms with E-state index in [0.29, 0.717) is 0 Å². The van der Waals surface area contributed by atoms with E-state index < -0.39 is 29.6 Å². The lowest BCUT2D eigenvalue weighted by atomic mass is 10.2. The van der Waals surface area contributed by atoms with Gasteiger partial charge in [0.15, 0.2) is 0 Å². The fourth-order valence-electron chi connectivity index (χ4n) is 1.94. The molecule has 1 aliphatic rings. The topological polar surface area (TPSA) is 59.1 Å². The summed E-state index contributed by atoms with van der Waals surface area (Å²) in [5, 5.41) is 0. The van der Waals surface area contributed by atoms with E-state index in [4.69, 9.17) is 9.47 Å². The second kappa shape index (κ2) is 6.71. The zero-order chi connectivity index (χ0) is 17.1. The van der Waals surface area contributed by atoms with E-state index in [-0.39, 0.29) is 26.2 Å². The van der Waals surface area contributed by atoms with Gasteiger partial charge in [-0.2, -0.15) is 0 Å². The lowest BCUT2D eigenvalue weighted by molar-refractivity contribution is 0.0200. The number of amides is 2. The second-order valence-electron chi connectivity index (χ2n) is 7.45. The Hall–Kier alpha value is -1.53. The van der Waals surface area contributed by atoms with Crippen LogP contribution in [-0.2, 0) is 9.47 Å². The third kappa shape index (κ3) is 6.49. The number of hydrogen-bond acceptors (Lipinski definition) is 4. The molecule has 1 rings (SSSR count). The SMILES string of the molecule is CC(C)(C)OC(=O)N1CCN(C(=O)OC(C)(C)C)CC(F)C1. The fraction of sp³-hybridized carbons (Fsp3) is 0.867. The van der Waals surface area contributed by atoms with Gasteiger partial charge in [-0.1, -0.05) is 0 Å². The highest BCUT2D eigenvalue weighted by atomic mass is 19.1. The van der Waals surface area contributed by atoms with Gasteiger partial charge in [-0.3, -0.25) is 0 Å². The minimum absolute atomic E-state index is 0.0891. The summed E-state index contributed by atoms with van der Waals surface area (Å²) < 4.78 is 24.5. The molecule has 0 radical (unpaired) electrons. The van der Waals surface area contributed by atoms with Gasteiger partial charge in [-0.25, -0.2) is 14.0 Å². The Labute approximate surface area is 131 Å². The number of alkyl halides is 1. The van der Waals surface area contributed by atoms with Crippen molar-refractivity contribution >= 4 is 12.2 Å². The van der Waals surface area contributed by atoms with Gasteiger partial charge < -0.3 is 19.3 Å². The molecule has 0 spiro atoms. The average Bonchev–Trinajstić information content (AvgIpc) is 2.46. The van der Waals surface area contributed by atoms with Crippen LogP contribution in [0.2, 0.25) is 0 Å². The number of hydrogen-bond donors (Lipinski definition) is 0. The summed E-state index contributed by atoms with van der Waals surface area (Å²) in [4.78, 5) is 26.6. The largest absolute Gasteiger partial charge is 0.444 e. The number of carbonyl (C=O) groups is 2. The Balaban J connectivity index is 2.66. The molecular formula is C15H27FN2O4. The van der Waals surface area contributed by atoms with Crippen molar-refractivity contribution in [1.29, 1.82) is 0 Å². The molecule has 6 nitrogen and oxygen atoms in total. The molecule has 0 aromatic carbocycles. The van der Waals surface area contributed by atoms with Crippen LogP contribution in [0.1, 0.15) is 41.5 Å². The van der Waals surface area contributed by atoms with Crippen molar-refractivity contribution in [3.63, 3.8) is 0 Å². The molecule has 2 amide bonds. The first-order valence-electron chi connectivity index (χ1n) is 7.47. The van der Waals surface area contributed by atoms with Gasteiger partial charge in [0, 0.05) is 13.1 Å². The molecule has 0 N–H and O–H groups in total. The Morgan fingerprint density at radius 1 is 0.864 bits per heavy atom. The maximum atomic E-state index is 14.0. The molecular weight excluding hydrogens is 291 g/mol. The molecule has 0 aliphatic carbocycles. The van der Waals surface area contributed by atoms with Crippen molar-refractivity contribution in [2.45, 2.75) is 58.9 Å². The van der Waals surface area contributed by atoms with E-state index in [9.17, 15) is 14.0 Å². The highest BCUT2D eigenvalue weighted by Gasteiger charge is 2.32. The highest BCUT2D eigenvalue weighted by Crippen LogP contribution is 2.16. The van der Waals surface area contributed by atoms with Crippen molar-refractivity contribution in [2.24, 2.45) is 0 Å². The van der Waals surface area contributed by atoms with Gasteiger partial charge in [0.1, 0.15) is 17.4 Å². The molecule has 1 heterocycles. The maximum absolute atomic E-state index is 14.0. The zero-order valence-electron chi connectivity index (χ0n) is 14.3. The van der Waals surface area contributed by atoms with Gasteiger partial charge >= 0.3 is 12.2 Å². The lowest BCUT2D eigenvalue weighted by Gasteiger charge is -2.27. The number of nitrogens with zero attached hydrogens (tertiary/aromatic N) is 2. The Kier molecular flexibility index (Phi) is 5.65. The van der Waals surface area contributed by atoms with Gasteiger partial charge in [-0.05, 0) is 41.5 Å². The van der Waals surface area contributed by atoms with Gasteiger partial charge in [-0.15, -0.1) is 0 Å². The van der Waals surface area contributed by atoms with Crippen LogP contribution in [0.4, 0.5) is 14.0 Å². The predicted molar refractivity (Wildman–Crippen MR) is 80.5 cm³/mol. The van der Waals surface area contributed by atoms with Crippen molar-refractivity contribution < 1.29 is 23.5 Å². The number of ether oxygens (including phenoxy) is 2. The summed E-state index contributed by atoms with van der Waals surface area (Å²) in [5.41, 5.74) is -1.28. The Morgan fingerprint density at radius 3 is 1.45 bits per heavy atom. The van der Waals surface area contributed by atoms with E-state index in [1.54, 1.807) is 41.5 Å². The molecule has 0 saturated carbocycles. The first-order valence-corrected chi connectivity index (χ1v) is 7.47. The third-order valence-corrected chi connectivity index (χ3v) is 2.78. The van der Waals surface area contributed by atoms with Crippen molar-refractivity contribution in [1.82, 2.24) is 9.80 Å². The monoisotopic (exact) mass is 318 g/mol. The molecule has 0 aromatic heterocycles. The van der Waals surface area contributed by atoms with Crippen LogP contribution in [-0.4, -0.2) is 65.5 Å². The lowest BCUT2D eigenvalue weighted by Crippen LogP contribution is -2.41. The molecule has 0 unspecified atom stereocenters. The fourth-order valence-corrected chi connectivity index (χ4v) is 1.94. The Bertz CT molecular complexity index is 377. The van der Waals surface area contributed by atoms with E-state index in [1.165, 1.54) is 9.80 Å². The molecule has 1 saturated heterocycles. The molecule has 0 aromatic rings. The van der Waals surface area contributed by atoms with Crippen LogP contribution in [0, 0.1) is 0 Å². The van der Waals surface area contributed by atoms with E-state index in [2.05, 4.69) is 0 Å². The van der Waals surface area contributed by atoms with Gasteiger partial charge in [0.05, 0.1) is 13.1 Å². The van der Waals surface area contributed by atoms with Crippen LogP contribution >= 0.6 is 0 Å². The minimum Gasteiger partial charge on any atom is -0.444 e. The van der Waals surface area contributed by atoms with Gasteiger partial charge in [0.25, 0.3) is 0 Å². The molecule has 128 valence electrons. The van der Waals surface area contributed by atoms with Crippen molar-refractivity contribution in [3.8, 4) is 0 Å². The number of halogens is 1. The highest BCUT2D eigenvalue weighted by molar-refractivity contribution is 5.70. The van der Waals surface area contributed by atoms with Crippen LogP contribution in [0.5, 0.6) is 0 Å². The normalized spacial score (nSPS) is 18.0. The summed E-state index contributed by atoms with van der Waals surface area (Å²) in [6.45, 7) is 10.8. The van der Waals surface area contributed by atoms with Crippen LogP contribution in [0.25, 0.3) is 0 Å². The van der Waals surface area contributed by atoms with Crippen LogP contribution in [0.15, 0.2) is 0 Å². The standard InChI is InChI=1S/C15H27FN2O4/c1-14(2,3)21-12(19)17-7-8-18(10-11(16)9-17)13(20)22-15(4,5)6/h11H,7-10H2,1-6H3. The second-order valence-corrected chi connectivity index (χ2v) is 7.45. The van der Waals surface area contributed by atoms with Crippen LogP contribution in [0.3, 0.4) is 0 Å².